The molecule has 2 amide bonds. The molecule has 5 nitrogen and oxygen atoms in total. The number of thioether (sulfide) groups is 1. The Labute approximate surface area is 180 Å². The lowest BCUT2D eigenvalue weighted by Crippen LogP contribution is -2.31. The van der Waals surface area contributed by atoms with E-state index in [0.717, 1.165) is 17.7 Å². The lowest BCUT2D eigenvalue weighted by Gasteiger charge is -2.20. The minimum atomic E-state index is -0.243. The zero-order chi connectivity index (χ0) is 20.9. The summed E-state index contributed by atoms with van der Waals surface area (Å²) >= 11 is 1.54. The Bertz CT molecular complexity index is 1050. The highest BCUT2D eigenvalue weighted by molar-refractivity contribution is 8.00. The summed E-state index contributed by atoms with van der Waals surface area (Å²) in [6.07, 6.45) is 5.06. The number of furan rings is 1. The summed E-state index contributed by atoms with van der Waals surface area (Å²) in [7, 11) is 1.71. The predicted octanol–water partition coefficient (Wildman–Crippen LogP) is 4.45. The molecule has 0 spiro atoms. The molecule has 0 saturated carbocycles. The van der Waals surface area contributed by atoms with Gasteiger partial charge in [-0.1, -0.05) is 18.2 Å². The number of anilines is 1. The van der Waals surface area contributed by atoms with E-state index in [4.69, 9.17) is 4.42 Å². The summed E-state index contributed by atoms with van der Waals surface area (Å²) in [6, 6.07) is 17.2. The average molecular weight is 421 g/mol. The van der Waals surface area contributed by atoms with Gasteiger partial charge in [-0.3, -0.25) is 9.59 Å². The molecular weight excluding hydrogens is 396 g/mol. The molecule has 1 aliphatic rings. The van der Waals surface area contributed by atoms with Crippen LogP contribution in [-0.4, -0.2) is 24.6 Å². The number of aryl methyl sites for hydroxylation is 2. The third-order valence-corrected chi connectivity index (χ3v) is 6.30. The van der Waals surface area contributed by atoms with Gasteiger partial charge in [-0.25, -0.2) is 0 Å². The third-order valence-electron chi connectivity index (χ3n) is 5.32. The number of hydrogen-bond acceptors (Lipinski definition) is 4. The quantitative estimate of drug-likeness (QED) is 0.574. The molecule has 1 N–H and O–H groups in total. The van der Waals surface area contributed by atoms with Crippen molar-refractivity contribution in [3.05, 3.63) is 83.3 Å². The number of benzene rings is 2. The van der Waals surface area contributed by atoms with E-state index < -0.39 is 0 Å². The molecule has 0 unspecified atom stereocenters. The second kappa shape index (κ2) is 9.22. The molecular formula is C24H24N2O3S. The number of hydrogen-bond donors (Lipinski definition) is 1. The molecule has 30 heavy (non-hydrogen) atoms. The van der Waals surface area contributed by atoms with E-state index in [0.29, 0.717) is 29.3 Å². The summed E-state index contributed by atoms with van der Waals surface area (Å²) in [6.45, 7) is 0.298. The van der Waals surface area contributed by atoms with E-state index in [1.165, 1.54) is 29.3 Å². The van der Waals surface area contributed by atoms with Gasteiger partial charge < -0.3 is 14.6 Å². The van der Waals surface area contributed by atoms with E-state index in [1.807, 2.05) is 6.07 Å². The maximum absolute atomic E-state index is 12.8. The van der Waals surface area contributed by atoms with Crippen LogP contribution < -0.4 is 10.2 Å². The van der Waals surface area contributed by atoms with Gasteiger partial charge in [-0.2, -0.15) is 0 Å². The molecule has 1 heterocycles. The molecule has 0 fully saturated rings. The largest absolute Gasteiger partial charge is 0.467 e. The van der Waals surface area contributed by atoms with Crippen LogP contribution in [0.25, 0.3) is 0 Å². The van der Waals surface area contributed by atoms with Crippen molar-refractivity contribution in [3.8, 4) is 0 Å². The normalized spacial score (nSPS) is 12.4. The smallest absolute Gasteiger partial charge is 0.253 e. The van der Waals surface area contributed by atoms with Gasteiger partial charge in [0.15, 0.2) is 0 Å². The number of para-hydroxylation sites is 1. The van der Waals surface area contributed by atoms with Crippen LogP contribution in [0.4, 0.5) is 5.69 Å². The standard InChI is InChI=1S/C24H24N2O3S/c1-26(23(27)16-30-20-12-11-17-6-4-7-18(17)14-20)22-10-3-2-9-21(22)24(28)25-15-19-8-5-13-29-19/h2-3,5,8-14H,4,6-7,15-16H2,1H3,(H,25,28). The first kappa shape index (κ1) is 20.3. The Balaban J connectivity index is 1.40. The van der Waals surface area contributed by atoms with Gasteiger partial charge in [0.25, 0.3) is 5.91 Å². The number of rotatable bonds is 7. The Kier molecular flexibility index (Phi) is 6.23. The van der Waals surface area contributed by atoms with E-state index in [9.17, 15) is 9.59 Å². The highest BCUT2D eigenvalue weighted by Gasteiger charge is 2.19. The summed E-state index contributed by atoms with van der Waals surface area (Å²) in [5, 5.41) is 2.84. The Morgan fingerprint density at radius 1 is 1.07 bits per heavy atom. The van der Waals surface area contributed by atoms with Gasteiger partial charge in [-0.05, 0) is 66.8 Å². The van der Waals surface area contributed by atoms with Crippen LogP contribution in [0.2, 0.25) is 0 Å². The van der Waals surface area contributed by atoms with Crippen molar-refractivity contribution in [1.29, 1.82) is 0 Å². The van der Waals surface area contributed by atoms with Crippen LogP contribution in [0.5, 0.6) is 0 Å². The van der Waals surface area contributed by atoms with Gasteiger partial charge >= 0.3 is 0 Å². The van der Waals surface area contributed by atoms with Crippen LogP contribution in [0.15, 0.2) is 70.2 Å². The predicted molar refractivity (Wildman–Crippen MR) is 119 cm³/mol. The summed E-state index contributed by atoms with van der Waals surface area (Å²) in [5.74, 6) is 0.702. The molecule has 0 bridgehead atoms. The highest BCUT2D eigenvalue weighted by atomic mass is 32.2. The van der Waals surface area contributed by atoms with Gasteiger partial charge in [0.05, 0.1) is 29.8 Å². The summed E-state index contributed by atoms with van der Waals surface area (Å²) in [5.41, 5.74) is 3.88. The minimum Gasteiger partial charge on any atom is -0.467 e. The summed E-state index contributed by atoms with van der Waals surface area (Å²) in [4.78, 5) is 28.2. The molecule has 1 aliphatic carbocycles. The second-order valence-corrected chi connectivity index (χ2v) is 8.35. The van der Waals surface area contributed by atoms with Crippen molar-refractivity contribution in [3.63, 3.8) is 0 Å². The maximum Gasteiger partial charge on any atom is 0.253 e. The fourth-order valence-electron chi connectivity index (χ4n) is 3.65. The second-order valence-electron chi connectivity index (χ2n) is 7.30. The molecule has 0 saturated heterocycles. The molecule has 3 aromatic rings. The molecule has 154 valence electrons. The Morgan fingerprint density at radius 2 is 1.90 bits per heavy atom. The molecule has 2 aromatic carbocycles. The van der Waals surface area contributed by atoms with Crippen LogP contribution >= 0.6 is 11.8 Å². The van der Waals surface area contributed by atoms with E-state index >= 15 is 0 Å². The van der Waals surface area contributed by atoms with Gasteiger partial charge in [0.1, 0.15) is 5.76 Å². The van der Waals surface area contributed by atoms with Gasteiger partial charge in [0, 0.05) is 11.9 Å². The summed E-state index contributed by atoms with van der Waals surface area (Å²) < 4.78 is 5.26. The van der Waals surface area contributed by atoms with Crippen LogP contribution in [0.3, 0.4) is 0 Å². The van der Waals surface area contributed by atoms with Crippen molar-refractivity contribution in [2.45, 2.75) is 30.7 Å². The minimum absolute atomic E-state index is 0.0493. The van der Waals surface area contributed by atoms with E-state index in [2.05, 4.69) is 23.5 Å². The monoisotopic (exact) mass is 420 g/mol. The zero-order valence-electron chi connectivity index (χ0n) is 16.9. The lowest BCUT2D eigenvalue weighted by atomic mass is 10.1. The highest BCUT2D eigenvalue weighted by Crippen LogP contribution is 2.28. The van der Waals surface area contributed by atoms with Gasteiger partial charge in [0.2, 0.25) is 5.91 Å². The molecule has 4 rings (SSSR count). The number of carbonyl (C=O) groups is 2. The number of carbonyl (C=O) groups excluding carboxylic acids is 2. The van der Waals surface area contributed by atoms with Crippen molar-refractivity contribution in [2.75, 3.05) is 17.7 Å². The van der Waals surface area contributed by atoms with Crippen LogP contribution in [0.1, 0.15) is 33.7 Å². The third kappa shape index (κ3) is 4.60. The molecule has 0 atom stereocenters. The van der Waals surface area contributed by atoms with Gasteiger partial charge in [-0.15, -0.1) is 11.8 Å². The van der Waals surface area contributed by atoms with E-state index in [1.54, 1.807) is 48.5 Å². The Morgan fingerprint density at radius 3 is 2.73 bits per heavy atom. The fourth-order valence-corrected chi connectivity index (χ4v) is 4.52. The number of nitrogens with one attached hydrogen (secondary N) is 1. The topological polar surface area (TPSA) is 62.6 Å². The molecule has 0 aliphatic heterocycles. The first-order valence-electron chi connectivity index (χ1n) is 10.0. The van der Waals surface area contributed by atoms with E-state index in [-0.39, 0.29) is 11.8 Å². The van der Waals surface area contributed by atoms with Crippen LogP contribution in [-0.2, 0) is 24.2 Å². The zero-order valence-corrected chi connectivity index (χ0v) is 17.7. The first-order chi connectivity index (χ1) is 14.6. The molecule has 0 radical (unpaired) electrons. The van der Waals surface area contributed by atoms with Crippen molar-refractivity contribution >= 4 is 29.3 Å². The Hall–Kier alpha value is -2.99. The molecule has 1 aromatic heterocycles. The maximum atomic E-state index is 12.8. The van der Waals surface area contributed by atoms with Crippen molar-refractivity contribution in [1.82, 2.24) is 5.32 Å². The lowest BCUT2D eigenvalue weighted by molar-refractivity contribution is -0.115. The van der Waals surface area contributed by atoms with Crippen molar-refractivity contribution in [2.24, 2.45) is 0 Å². The number of amides is 2. The number of nitrogens with zero attached hydrogens (tertiary/aromatic N) is 1. The van der Waals surface area contributed by atoms with Crippen LogP contribution in [0, 0.1) is 0 Å². The number of fused-ring (bicyclic) bond motifs is 1. The fraction of sp³-hybridized carbons (Fsp3) is 0.250. The first-order valence-corrected chi connectivity index (χ1v) is 11.0. The van der Waals surface area contributed by atoms with Crippen molar-refractivity contribution < 1.29 is 14.0 Å². The average Bonchev–Trinajstić information content (AvgIpc) is 3.46. The molecule has 6 heteroatoms. The SMILES string of the molecule is CN(C(=O)CSc1ccc2c(c1)CCC2)c1ccccc1C(=O)NCc1ccco1.